The molecular formula is C7H8N4O2S2. The third-order valence-electron chi connectivity index (χ3n) is 1.70. The summed E-state index contributed by atoms with van der Waals surface area (Å²) in [5.74, 6) is 0.198. The van der Waals surface area contributed by atoms with Crippen LogP contribution in [0.1, 0.15) is 0 Å². The maximum atomic E-state index is 11.7. The lowest BCUT2D eigenvalue weighted by Crippen LogP contribution is -2.14. The van der Waals surface area contributed by atoms with Crippen LogP contribution in [0.15, 0.2) is 28.0 Å². The Labute approximate surface area is 90.6 Å². The average Bonchev–Trinajstić information content (AvgIpc) is 2.77. The van der Waals surface area contributed by atoms with Gasteiger partial charge in [0.15, 0.2) is 0 Å². The SMILES string of the molecule is Cn1ncnc1NS(=O)(=O)c1cccs1. The first kappa shape index (κ1) is 10.1. The van der Waals surface area contributed by atoms with Crippen molar-refractivity contribution < 1.29 is 8.42 Å². The topological polar surface area (TPSA) is 76.9 Å². The predicted molar refractivity (Wildman–Crippen MR) is 56.1 cm³/mol. The van der Waals surface area contributed by atoms with Gasteiger partial charge in [0.05, 0.1) is 0 Å². The molecule has 0 unspecified atom stereocenters. The zero-order valence-corrected chi connectivity index (χ0v) is 9.42. The van der Waals surface area contributed by atoms with Gasteiger partial charge in [-0.3, -0.25) is 0 Å². The number of nitrogens with one attached hydrogen (secondary N) is 1. The van der Waals surface area contributed by atoms with Gasteiger partial charge in [-0.25, -0.2) is 17.8 Å². The van der Waals surface area contributed by atoms with Gasteiger partial charge < -0.3 is 0 Å². The number of nitrogens with zero attached hydrogens (tertiary/aromatic N) is 3. The van der Waals surface area contributed by atoms with Crippen LogP contribution in [0.25, 0.3) is 0 Å². The van der Waals surface area contributed by atoms with E-state index in [1.54, 1.807) is 18.5 Å². The molecule has 80 valence electrons. The van der Waals surface area contributed by atoms with Gasteiger partial charge in [-0.15, -0.1) is 11.3 Å². The van der Waals surface area contributed by atoms with Crippen LogP contribution in [0.2, 0.25) is 0 Å². The van der Waals surface area contributed by atoms with Crippen LogP contribution in [0.5, 0.6) is 0 Å². The van der Waals surface area contributed by atoms with Crippen LogP contribution in [0.4, 0.5) is 5.95 Å². The molecule has 2 rings (SSSR count). The van der Waals surface area contributed by atoms with Crippen LogP contribution in [0.3, 0.4) is 0 Å². The highest BCUT2D eigenvalue weighted by Crippen LogP contribution is 2.18. The summed E-state index contributed by atoms with van der Waals surface area (Å²) >= 11 is 1.15. The molecule has 0 aliphatic rings. The number of aromatic nitrogens is 3. The van der Waals surface area contributed by atoms with Gasteiger partial charge in [-0.2, -0.15) is 10.1 Å². The third-order valence-corrected chi connectivity index (χ3v) is 4.42. The average molecular weight is 244 g/mol. The molecule has 0 fully saturated rings. The summed E-state index contributed by atoms with van der Waals surface area (Å²) in [7, 11) is -1.91. The Kier molecular flexibility index (Phi) is 2.45. The fourth-order valence-electron chi connectivity index (χ4n) is 0.975. The first-order chi connectivity index (χ1) is 7.09. The molecule has 0 spiro atoms. The number of hydrogen-bond donors (Lipinski definition) is 1. The van der Waals surface area contributed by atoms with Crippen molar-refractivity contribution >= 4 is 27.3 Å². The molecule has 15 heavy (non-hydrogen) atoms. The minimum absolute atomic E-state index is 0.198. The van der Waals surface area contributed by atoms with Crippen molar-refractivity contribution in [2.75, 3.05) is 4.72 Å². The highest BCUT2D eigenvalue weighted by molar-refractivity contribution is 7.94. The Morgan fingerprint density at radius 3 is 2.87 bits per heavy atom. The molecule has 0 saturated carbocycles. The van der Waals surface area contributed by atoms with Crippen LogP contribution in [-0.2, 0) is 17.1 Å². The van der Waals surface area contributed by atoms with E-state index in [-0.39, 0.29) is 10.2 Å². The van der Waals surface area contributed by atoms with Gasteiger partial charge in [-0.05, 0) is 11.4 Å². The third kappa shape index (κ3) is 2.00. The van der Waals surface area contributed by atoms with Crippen molar-refractivity contribution in [2.45, 2.75) is 4.21 Å². The molecule has 6 nitrogen and oxygen atoms in total. The molecule has 0 bridgehead atoms. The molecule has 2 aromatic rings. The zero-order valence-electron chi connectivity index (χ0n) is 7.78. The van der Waals surface area contributed by atoms with Gasteiger partial charge in [-0.1, -0.05) is 6.07 Å². The lowest BCUT2D eigenvalue weighted by atomic mass is 10.7. The lowest BCUT2D eigenvalue weighted by molar-refractivity contribution is 0.602. The Bertz CT molecular complexity index is 543. The Hall–Kier alpha value is -1.41. The number of sulfonamides is 1. The molecule has 1 N–H and O–H groups in total. The Morgan fingerprint density at radius 1 is 1.53 bits per heavy atom. The molecule has 2 aromatic heterocycles. The molecule has 0 saturated heterocycles. The molecule has 0 aliphatic carbocycles. The fraction of sp³-hybridized carbons (Fsp3) is 0.143. The summed E-state index contributed by atoms with van der Waals surface area (Å²) in [6, 6.07) is 3.21. The van der Waals surface area contributed by atoms with E-state index >= 15 is 0 Å². The van der Waals surface area contributed by atoms with E-state index in [2.05, 4.69) is 14.8 Å². The molecule has 0 atom stereocenters. The summed E-state index contributed by atoms with van der Waals surface area (Å²) in [6.07, 6.45) is 1.28. The van der Waals surface area contributed by atoms with Crippen molar-refractivity contribution in [2.24, 2.45) is 7.05 Å². The van der Waals surface area contributed by atoms with E-state index in [1.165, 1.54) is 17.1 Å². The Morgan fingerprint density at radius 2 is 2.33 bits per heavy atom. The largest absolute Gasteiger partial charge is 0.273 e. The van der Waals surface area contributed by atoms with Crippen molar-refractivity contribution in [3.63, 3.8) is 0 Å². The van der Waals surface area contributed by atoms with E-state index in [0.29, 0.717) is 0 Å². The molecule has 0 aromatic carbocycles. The van der Waals surface area contributed by atoms with Crippen molar-refractivity contribution in [1.82, 2.24) is 14.8 Å². The van der Waals surface area contributed by atoms with Crippen LogP contribution in [-0.4, -0.2) is 23.2 Å². The highest BCUT2D eigenvalue weighted by Gasteiger charge is 2.17. The van der Waals surface area contributed by atoms with Crippen LogP contribution in [0, 0.1) is 0 Å². The van der Waals surface area contributed by atoms with Crippen molar-refractivity contribution in [1.29, 1.82) is 0 Å². The van der Waals surface area contributed by atoms with Crippen LogP contribution >= 0.6 is 11.3 Å². The molecule has 0 amide bonds. The smallest absolute Gasteiger partial charge is 0.247 e. The van der Waals surface area contributed by atoms with E-state index in [9.17, 15) is 8.42 Å². The summed E-state index contributed by atoms with van der Waals surface area (Å²) in [5, 5.41) is 5.46. The quantitative estimate of drug-likeness (QED) is 0.861. The van der Waals surface area contributed by atoms with E-state index in [1.807, 2.05) is 0 Å². The van der Waals surface area contributed by atoms with Crippen molar-refractivity contribution in [3.05, 3.63) is 23.8 Å². The minimum Gasteiger partial charge on any atom is -0.247 e. The number of aryl methyl sites for hydroxylation is 1. The number of thiophene rings is 1. The monoisotopic (exact) mass is 244 g/mol. The molecule has 8 heteroatoms. The summed E-state index contributed by atoms with van der Waals surface area (Å²) in [6.45, 7) is 0. The maximum absolute atomic E-state index is 11.7. The minimum atomic E-state index is -3.52. The first-order valence-electron chi connectivity index (χ1n) is 4.00. The van der Waals surface area contributed by atoms with Crippen LogP contribution < -0.4 is 4.72 Å². The number of anilines is 1. The highest BCUT2D eigenvalue weighted by atomic mass is 32.2. The predicted octanol–water partition coefficient (Wildman–Crippen LogP) is 0.677. The summed E-state index contributed by atoms with van der Waals surface area (Å²) in [5.41, 5.74) is 0. The second kappa shape index (κ2) is 3.63. The first-order valence-corrected chi connectivity index (χ1v) is 6.36. The molecule has 0 radical (unpaired) electrons. The second-order valence-corrected chi connectivity index (χ2v) is 5.60. The summed E-state index contributed by atoms with van der Waals surface area (Å²) in [4.78, 5) is 3.78. The number of hydrogen-bond acceptors (Lipinski definition) is 5. The van der Waals surface area contributed by atoms with E-state index in [4.69, 9.17) is 0 Å². The Balaban J connectivity index is 2.31. The molecular weight excluding hydrogens is 236 g/mol. The zero-order chi connectivity index (χ0) is 10.9. The van der Waals surface area contributed by atoms with E-state index < -0.39 is 10.0 Å². The normalized spacial score (nSPS) is 11.5. The van der Waals surface area contributed by atoms with Gasteiger partial charge in [0.25, 0.3) is 10.0 Å². The molecule has 2 heterocycles. The van der Waals surface area contributed by atoms with E-state index in [0.717, 1.165) is 11.3 Å². The molecule has 0 aliphatic heterocycles. The lowest BCUT2D eigenvalue weighted by Gasteiger charge is -2.03. The standard InChI is InChI=1S/C7H8N4O2S2/c1-11-7(8-5-9-11)10-15(12,13)6-3-2-4-14-6/h2-5H,1H3,(H,8,9,10). The van der Waals surface area contributed by atoms with Gasteiger partial charge in [0.2, 0.25) is 5.95 Å². The maximum Gasteiger partial charge on any atom is 0.273 e. The fourth-order valence-corrected chi connectivity index (χ4v) is 3.01. The number of rotatable bonds is 3. The van der Waals surface area contributed by atoms with Gasteiger partial charge in [0, 0.05) is 7.05 Å². The summed E-state index contributed by atoms with van der Waals surface area (Å²) < 4.78 is 27.4. The van der Waals surface area contributed by atoms with Crippen molar-refractivity contribution in [3.8, 4) is 0 Å². The van der Waals surface area contributed by atoms with Gasteiger partial charge in [0.1, 0.15) is 10.5 Å². The second-order valence-electron chi connectivity index (χ2n) is 2.74. The van der Waals surface area contributed by atoms with Gasteiger partial charge >= 0.3 is 0 Å².